The van der Waals surface area contributed by atoms with Crippen LogP contribution in [0.3, 0.4) is 0 Å². The fourth-order valence-corrected chi connectivity index (χ4v) is 2.04. The number of aromatic hydroxyl groups is 1. The van der Waals surface area contributed by atoms with Crippen LogP contribution in [0.1, 0.15) is 76.9 Å². The zero-order chi connectivity index (χ0) is 20.2. The number of benzene rings is 1. The van der Waals surface area contributed by atoms with Gasteiger partial charge < -0.3 is 15.9 Å². The number of phenols is 1. The number of carbonyl (C=O) groups excluding carboxylic acids is 1. The SMILES string of the molecule is CC(C)(C)c1cc(C=O)c(O)c(C(C)(C)C)c1.CC(C)C(N)C(=O)O. The quantitative estimate of drug-likeness (QED) is 0.718. The predicted octanol–water partition coefficient (Wildman–Crippen LogP) is 3.85. The second-order valence-corrected chi connectivity index (χ2v) is 8.69. The van der Waals surface area contributed by atoms with E-state index in [0.29, 0.717) is 5.56 Å². The topological polar surface area (TPSA) is 101 Å². The average Bonchev–Trinajstić information content (AvgIpc) is 2.44. The molecule has 1 atom stereocenters. The number of hydrogen-bond donors (Lipinski definition) is 3. The molecular weight excluding hydrogens is 318 g/mol. The molecule has 0 aromatic heterocycles. The van der Waals surface area contributed by atoms with Gasteiger partial charge in [-0.25, -0.2) is 0 Å². The van der Waals surface area contributed by atoms with Crippen LogP contribution in [0, 0.1) is 5.92 Å². The molecule has 1 aromatic rings. The first-order valence-corrected chi connectivity index (χ1v) is 8.44. The minimum atomic E-state index is -0.931. The molecule has 0 saturated carbocycles. The summed E-state index contributed by atoms with van der Waals surface area (Å²) in [5.74, 6) is -0.798. The summed E-state index contributed by atoms with van der Waals surface area (Å²) < 4.78 is 0. The van der Waals surface area contributed by atoms with Gasteiger partial charge in [-0.2, -0.15) is 0 Å². The summed E-state index contributed by atoms with van der Waals surface area (Å²) >= 11 is 0. The summed E-state index contributed by atoms with van der Waals surface area (Å²) in [6.07, 6.45) is 0.722. The van der Waals surface area contributed by atoms with Crippen LogP contribution in [0.4, 0.5) is 0 Å². The van der Waals surface area contributed by atoms with Crippen LogP contribution in [0.2, 0.25) is 0 Å². The number of hydrogen-bond acceptors (Lipinski definition) is 4. The van der Waals surface area contributed by atoms with Crippen LogP contribution < -0.4 is 5.73 Å². The zero-order valence-corrected chi connectivity index (χ0v) is 16.7. The molecule has 4 N–H and O–H groups in total. The van der Waals surface area contributed by atoms with Gasteiger partial charge >= 0.3 is 5.97 Å². The molecule has 0 heterocycles. The molecule has 0 spiro atoms. The van der Waals surface area contributed by atoms with Gasteiger partial charge in [-0.15, -0.1) is 0 Å². The number of carboxylic acid groups (broad SMARTS) is 1. The summed E-state index contributed by atoms with van der Waals surface area (Å²) in [6, 6.07) is 3.06. The van der Waals surface area contributed by atoms with Crippen LogP contribution in [-0.4, -0.2) is 28.5 Å². The molecular formula is C20H33NO4. The summed E-state index contributed by atoms with van der Waals surface area (Å²) in [6.45, 7) is 15.9. The lowest BCUT2D eigenvalue weighted by Gasteiger charge is -2.26. The van der Waals surface area contributed by atoms with Crippen molar-refractivity contribution in [2.24, 2.45) is 11.7 Å². The normalized spacial score (nSPS) is 13.0. The van der Waals surface area contributed by atoms with E-state index in [2.05, 4.69) is 20.8 Å². The fourth-order valence-electron chi connectivity index (χ4n) is 2.04. The maximum Gasteiger partial charge on any atom is 0.320 e. The molecule has 0 saturated heterocycles. The minimum absolute atomic E-state index is 0.0208. The van der Waals surface area contributed by atoms with Gasteiger partial charge in [0, 0.05) is 5.56 Å². The lowest BCUT2D eigenvalue weighted by atomic mass is 9.79. The standard InChI is InChI=1S/C15H22O2.C5H11NO2/c1-14(2,3)11-7-10(9-16)13(17)12(8-11)15(4,5)6;1-3(2)4(6)5(7)8/h7-9,17H,1-6H3;3-4H,6H2,1-2H3,(H,7,8). The second-order valence-electron chi connectivity index (χ2n) is 8.69. The van der Waals surface area contributed by atoms with Crippen LogP contribution in [0.25, 0.3) is 0 Å². The molecule has 0 aliphatic heterocycles. The molecule has 142 valence electrons. The van der Waals surface area contributed by atoms with E-state index in [1.54, 1.807) is 19.9 Å². The van der Waals surface area contributed by atoms with Gasteiger partial charge in [0.15, 0.2) is 6.29 Å². The van der Waals surface area contributed by atoms with Gasteiger partial charge in [0.25, 0.3) is 0 Å². The summed E-state index contributed by atoms with van der Waals surface area (Å²) in [7, 11) is 0. The van der Waals surface area contributed by atoms with E-state index in [1.165, 1.54) is 0 Å². The maximum absolute atomic E-state index is 11.0. The molecule has 5 nitrogen and oxygen atoms in total. The number of rotatable bonds is 3. The van der Waals surface area contributed by atoms with E-state index < -0.39 is 12.0 Å². The molecule has 1 rings (SSSR count). The third-order valence-electron chi connectivity index (χ3n) is 3.94. The Morgan fingerprint density at radius 2 is 1.56 bits per heavy atom. The molecule has 1 unspecified atom stereocenters. The Kier molecular flexibility index (Phi) is 7.84. The van der Waals surface area contributed by atoms with Crippen molar-refractivity contribution in [3.8, 4) is 5.75 Å². The highest BCUT2D eigenvalue weighted by atomic mass is 16.4. The van der Waals surface area contributed by atoms with E-state index in [4.69, 9.17) is 10.8 Å². The van der Waals surface area contributed by atoms with Crippen LogP contribution in [0.15, 0.2) is 12.1 Å². The number of aldehydes is 1. The van der Waals surface area contributed by atoms with E-state index >= 15 is 0 Å². The minimum Gasteiger partial charge on any atom is -0.507 e. The lowest BCUT2D eigenvalue weighted by molar-refractivity contribution is -0.139. The van der Waals surface area contributed by atoms with Gasteiger partial charge in [0.05, 0.1) is 5.56 Å². The first kappa shape index (κ1) is 23.1. The van der Waals surface area contributed by atoms with Crippen molar-refractivity contribution in [2.45, 2.75) is 72.3 Å². The molecule has 0 bridgehead atoms. The first-order chi connectivity index (χ1) is 11.1. The van der Waals surface area contributed by atoms with Crippen molar-refractivity contribution in [1.29, 1.82) is 0 Å². The predicted molar refractivity (Wildman–Crippen MR) is 101 cm³/mol. The summed E-state index contributed by atoms with van der Waals surface area (Å²) in [4.78, 5) is 21.0. The number of nitrogens with two attached hydrogens (primary N) is 1. The number of carbonyl (C=O) groups is 2. The number of phenolic OH excluding ortho intramolecular Hbond substituents is 1. The average molecular weight is 351 g/mol. The van der Waals surface area contributed by atoms with Crippen LogP contribution in [0.5, 0.6) is 5.75 Å². The highest BCUT2D eigenvalue weighted by molar-refractivity contribution is 5.81. The molecule has 5 heteroatoms. The van der Waals surface area contributed by atoms with E-state index in [-0.39, 0.29) is 22.5 Å². The van der Waals surface area contributed by atoms with Crippen molar-refractivity contribution < 1.29 is 19.8 Å². The third kappa shape index (κ3) is 6.86. The van der Waals surface area contributed by atoms with Crippen molar-refractivity contribution in [1.82, 2.24) is 0 Å². The van der Waals surface area contributed by atoms with Crippen molar-refractivity contribution >= 4 is 12.3 Å². The molecule has 25 heavy (non-hydrogen) atoms. The fraction of sp³-hybridized carbons (Fsp3) is 0.600. The smallest absolute Gasteiger partial charge is 0.320 e. The third-order valence-corrected chi connectivity index (χ3v) is 3.94. The Morgan fingerprint density at radius 3 is 1.80 bits per heavy atom. The van der Waals surface area contributed by atoms with E-state index in [9.17, 15) is 14.7 Å². The maximum atomic E-state index is 11.0. The molecule has 0 radical (unpaired) electrons. The second kappa shape index (κ2) is 8.48. The number of carboxylic acids is 1. The van der Waals surface area contributed by atoms with Crippen molar-refractivity contribution in [3.05, 3.63) is 28.8 Å². The lowest BCUT2D eigenvalue weighted by Crippen LogP contribution is -2.34. The van der Waals surface area contributed by atoms with Crippen LogP contribution in [-0.2, 0) is 15.6 Å². The van der Waals surface area contributed by atoms with E-state index in [0.717, 1.165) is 17.4 Å². The van der Waals surface area contributed by atoms with E-state index in [1.807, 2.05) is 26.8 Å². The first-order valence-electron chi connectivity index (χ1n) is 8.44. The molecule has 0 fully saturated rings. The van der Waals surface area contributed by atoms with Gasteiger partial charge in [0.2, 0.25) is 0 Å². The Bertz CT molecular complexity index is 607. The molecule has 0 amide bonds. The van der Waals surface area contributed by atoms with Gasteiger partial charge in [-0.3, -0.25) is 9.59 Å². The monoisotopic (exact) mass is 351 g/mol. The molecule has 1 aromatic carbocycles. The van der Waals surface area contributed by atoms with Gasteiger partial charge in [-0.1, -0.05) is 61.5 Å². The van der Waals surface area contributed by atoms with Gasteiger partial charge in [-0.05, 0) is 28.4 Å². The largest absolute Gasteiger partial charge is 0.507 e. The Labute approximate surface area is 151 Å². The molecule has 0 aliphatic rings. The Morgan fingerprint density at radius 1 is 1.08 bits per heavy atom. The summed E-state index contributed by atoms with van der Waals surface area (Å²) in [5.41, 5.74) is 7.22. The summed E-state index contributed by atoms with van der Waals surface area (Å²) in [5, 5.41) is 18.3. The van der Waals surface area contributed by atoms with Crippen molar-refractivity contribution in [3.63, 3.8) is 0 Å². The zero-order valence-electron chi connectivity index (χ0n) is 16.7. The highest BCUT2D eigenvalue weighted by Crippen LogP contribution is 2.36. The number of aliphatic carboxylic acids is 1. The van der Waals surface area contributed by atoms with Crippen molar-refractivity contribution in [2.75, 3.05) is 0 Å². The molecule has 0 aliphatic carbocycles. The Balaban J connectivity index is 0.000000609. The Hall–Kier alpha value is -1.88. The van der Waals surface area contributed by atoms with Crippen LogP contribution >= 0.6 is 0 Å². The van der Waals surface area contributed by atoms with Gasteiger partial charge in [0.1, 0.15) is 11.8 Å². The highest BCUT2D eigenvalue weighted by Gasteiger charge is 2.24.